The predicted molar refractivity (Wildman–Crippen MR) is 128 cm³/mol. The lowest BCUT2D eigenvalue weighted by atomic mass is 10.1. The van der Waals surface area contributed by atoms with Gasteiger partial charge in [0, 0.05) is 41.6 Å². The molecule has 4 rings (SSSR count). The van der Waals surface area contributed by atoms with E-state index in [9.17, 15) is 4.79 Å². The maximum Gasteiger partial charge on any atom is 0.255 e. The first-order valence-electron chi connectivity index (χ1n) is 10.3. The van der Waals surface area contributed by atoms with Gasteiger partial charge in [-0.3, -0.25) is 9.89 Å². The Labute approximate surface area is 195 Å². The molecule has 2 aromatic heterocycles. The van der Waals surface area contributed by atoms with Gasteiger partial charge in [-0.15, -0.1) is 0 Å². The van der Waals surface area contributed by atoms with Crippen molar-refractivity contribution in [3.63, 3.8) is 0 Å². The van der Waals surface area contributed by atoms with Crippen LogP contribution in [-0.2, 0) is 6.42 Å². The van der Waals surface area contributed by atoms with E-state index in [0.29, 0.717) is 23.7 Å². The van der Waals surface area contributed by atoms with Gasteiger partial charge in [-0.05, 0) is 43.2 Å². The smallest absolute Gasteiger partial charge is 0.255 e. The Morgan fingerprint density at radius 1 is 1.06 bits per heavy atom. The van der Waals surface area contributed by atoms with Crippen LogP contribution in [0.2, 0.25) is 0 Å². The number of carbonyl (C=O) groups is 1. The molecule has 162 valence electrons. The lowest BCUT2D eigenvalue weighted by Crippen LogP contribution is -2.28. The molecule has 2 heterocycles. The molecule has 0 spiro atoms. The lowest BCUT2D eigenvalue weighted by Gasteiger charge is -2.17. The fourth-order valence-electron chi connectivity index (χ4n) is 3.29. The third-order valence-electron chi connectivity index (χ3n) is 4.99. The number of pyridine rings is 1. The first-order valence-corrected chi connectivity index (χ1v) is 11.1. The zero-order chi connectivity index (χ0) is 22.3. The zero-order valence-corrected chi connectivity index (χ0v) is 19.2. The van der Waals surface area contributed by atoms with Crippen molar-refractivity contribution in [3.05, 3.63) is 94.7 Å². The Kier molecular flexibility index (Phi) is 6.97. The second-order valence-corrected chi connectivity index (χ2v) is 8.33. The Bertz CT molecular complexity index is 1180. The molecule has 0 fully saturated rings. The summed E-state index contributed by atoms with van der Waals surface area (Å²) in [6.45, 7) is 0.634. The molecule has 0 saturated carbocycles. The molecular weight excluding hydrogens is 468 g/mol. The summed E-state index contributed by atoms with van der Waals surface area (Å²) in [5, 5.41) is 7.47. The number of rotatable bonds is 8. The van der Waals surface area contributed by atoms with E-state index in [2.05, 4.69) is 37.2 Å². The van der Waals surface area contributed by atoms with Crippen LogP contribution in [0.15, 0.2) is 83.5 Å². The Hall–Kier alpha value is -3.45. The summed E-state index contributed by atoms with van der Waals surface area (Å²) in [4.78, 5) is 18.7. The minimum absolute atomic E-state index is 0.0684. The number of hydrogen-bond acceptors (Lipinski definition) is 4. The third kappa shape index (κ3) is 5.62. The van der Waals surface area contributed by atoms with Crippen LogP contribution in [0.4, 0.5) is 0 Å². The number of aryl methyl sites for hydroxylation is 1. The Balaban J connectivity index is 1.28. The van der Waals surface area contributed by atoms with E-state index < -0.39 is 0 Å². The molecule has 0 unspecified atom stereocenters. The summed E-state index contributed by atoms with van der Waals surface area (Å²) < 4.78 is 6.65. The van der Waals surface area contributed by atoms with Crippen LogP contribution in [0.25, 0.3) is 11.3 Å². The van der Waals surface area contributed by atoms with Crippen molar-refractivity contribution in [1.29, 1.82) is 0 Å². The number of halogens is 1. The van der Waals surface area contributed by atoms with Gasteiger partial charge in [-0.25, -0.2) is 4.98 Å². The molecule has 32 heavy (non-hydrogen) atoms. The van der Waals surface area contributed by atoms with Crippen molar-refractivity contribution in [3.8, 4) is 22.9 Å². The lowest BCUT2D eigenvalue weighted by molar-refractivity contribution is 0.0793. The van der Waals surface area contributed by atoms with Crippen molar-refractivity contribution < 1.29 is 9.53 Å². The van der Waals surface area contributed by atoms with E-state index in [0.717, 1.165) is 34.3 Å². The summed E-state index contributed by atoms with van der Waals surface area (Å²) in [6, 6.07) is 23.1. The molecule has 0 aliphatic rings. The summed E-state index contributed by atoms with van der Waals surface area (Å²) in [7, 11) is 1.80. The van der Waals surface area contributed by atoms with Crippen LogP contribution in [0.5, 0.6) is 11.6 Å². The van der Waals surface area contributed by atoms with Crippen LogP contribution < -0.4 is 4.74 Å². The van der Waals surface area contributed by atoms with Gasteiger partial charge in [0.1, 0.15) is 5.75 Å². The number of nitrogens with zero attached hydrogens (tertiary/aromatic N) is 3. The van der Waals surface area contributed by atoms with Crippen LogP contribution >= 0.6 is 15.9 Å². The number of H-pyrrole nitrogens is 1. The van der Waals surface area contributed by atoms with Crippen molar-refractivity contribution in [2.24, 2.45) is 0 Å². The van der Waals surface area contributed by atoms with Gasteiger partial charge in [-0.2, -0.15) is 5.10 Å². The topological polar surface area (TPSA) is 71.1 Å². The Morgan fingerprint density at radius 2 is 1.91 bits per heavy atom. The van der Waals surface area contributed by atoms with Gasteiger partial charge in [0.25, 0.3) is 5.91 Å². The number of nitrogens with one attached hydrogen (secondary N) is 1. The highest BCUT2D eigenvalue weighted by molar-refractivity contribution is 9.10. The first kappa shape index (κ1) is 21.8. The summed E-state index contributed by atoms with van der Waals surface area (Å²) in [6.07, 6.45) is 3.19. The predicted octanol–water partition coefficient (Wildman–Crippen LogP) is 5.73. The molecule has 4 aromatic rings. The van der Waals surface area contributed by atoms with E-state index in [1.807, 2.05) is 54.6 Å². The van der Waals surface area contributed by atoms with Gasteiger partial charge in [0.15, 0.2) is 0 Å². The van der Waals surface area contributed by atoms with Gasteiger partial charge < -0.3 is 9.64 Å². The van der Waals surface area contributed by atoms with Gasteiger partial charge in [-0.1, -0.05) is 52.3 Å². The molecule has 0 aliphatic heterocycles. The summed E-state index contributed by atoms with van der Waals surface area (Å²) in [5.74, 6) is 1.05. The average molecular weight is 491 g/mol. The van der Waals surface area contributed by atoms with Gasteiger partial charge in [0.2, 0.25) is 5.88 Å². The molecule has 6 nitrogen and oxygen atoms in total. The number of carbonyl (C=O) groups excluding carboxylic acids is 1. The average Bonchev–Trinajstić information content (AvgIpc) is 3.29. The van der Waals surface area contributed by atoms with E-state index >= 15 is 0 Å². The van der Waals surface area contributed by atoms with Crippen molar-refractivity contribution in [2.45, 2.75) is 12.8 Å². The molecule has 0 aliphatic carbocycles. The van der Waals surface area contributed by atoms with Crippen LogP contribution in [-0.4, -0.2) is 39.6 Å². The van der Waals surface area contributed by atoms with E-state index in [1.165, 1.54) is 0 Å². The standard InChI is InChI=1S/C25H23BrN4O2/c1-30(14-6-10-21-16-23(29-28-21)18-7-3-2-4-8-18)25(31)19-12-13-24(27-17-19)32-22-11-5-9-20(26)15-22/h2-5,7-9,11-13,15-17H,6,10,14H2,1H3,(H,28,29). The largest absolute Gasteiger partial charge is 0.439 e. The second kappa shape index (κ2) is 10.2. The molecule has 7 heteroatoms. The number of benzene rings is 2. The molecule has 0 atom stereocenters. The van der Waals surface area contributed by atoms with E-state index in [4.69, 9.17) is 4.74 Å². The number of aromatic amines is 1. The number of ether oxygens (including phenoxy) is 1. The highest BCUT2D eigenvalue weighted by atomic mass is 79.9. The molecular formula is C25H23BrN4O2. The second-order valence-electron chi connectivity index (χ2n) is 7.42. The van der Waals surface area contributed by atoms with Crippen LogP contribution in [0.3, 0.4) is 0 Å². The molecule has 0 bridgehead atoms. The number of aromatic nitrogens is 3. The highest BCUT2D eigenvalue weighted by Gasteiger charge is 2.13. The van der Waals surface area contributed by atoms with Gasteiger partial charge in [0.05, 0.1) is 11.3 Å². The summed E-state index contributed by atoms with van der Waals surface area (Å²) >= 11 is 3.41. The SMILES string of the molecule is CN(CCCc1cc(-c2ccccc2)n[nH]1)C(=O)c1ccc(Oc2cccc(Br)c2)nc1. The molecule has 2 aromatic carbocycles. The fourth-order valence-corrected chi connectivity index (χ4v) is 3.67. The minimum atomic E-state index is -0.0684. The highest BCUT2D eigenvalue weighted by Crippen LogP contribution is 2.23. The van der Waals surface area contributed by atoms with Crippen LogP contribution in [0, 0.1) is 0 Å². The molecule has 0 radical (unpaired) electrons. The molecule has 1 amide bonds. The van der Waals surface area contributed by atoms with E-state index in [1.54, 1.807) is 30.3 Å². The molecule has 0 saturated heterocycles. The minimum Gasteiger partial charge on any atom is -0.439 e. The maximum absolute atomic E-state index is 12.7. The fraction of sp³-hybridized carbons (Fsp3) is 0.160. The number of hydrogen-bond donors (Lipinski definition) is 1. The number of amides is 1. The molecule has 1 N–H and O–H groups in total. The van der Waals surface area contributed by atoms with Crippen molar-refractivity contribution in [1.82, 2.24) is 20.1 Å². The normalized spacial score (nSPS) is 10.7. The quantitative estimate of drug-likeness (QED) is 0.342. The van der Waals surface area contributed by atoms with E-state index in [-0.39, 0.29) is 5.91 Å². The summed E-state index contributed by atoms with van der Waals surface area (Å²) in [5.41, 5.74) is 3.60. The maximum atomic E-state index is 12.7. The Morgan fingerprint density at radius 3 is 2.66 bits per heavy atom. The van der Waals surface area contributed by atoms with Crippen LogP contribution in [0.1, 0.15) is 22.5 Å². The van der Waals surface area contributed by atoms with Crippen molar-refractivity contribution >= 4 is 21.8 Å². The van der Waals surface area contributed by atoms with Crippen molar-refractivity contribution in [2.75, 3.05) is 13.6 Å². The monoisotopic (exact) mass is 490 g/mol. The first-order chi connectivity index (χ1) is 15.6. The third-order valence-corrected chi connectivity index (χ3v) is 5.48. The van der Waals surface area contributed by atoms with Gasteiger partial charge >= 0.3 is 0 Å². The zero-order valence-electron chi connectivity index (χ0n) is 17.7.